The van der Waals surface area contributed by atoms with Crippen LogP contribution in [0.25, 0.3) is 16.0 Å². The Morgan fingerprint density at radius 3 is 2.88 bits per heavy atom. The fourth-order valence-corrected chi connectivity index (χ4v) is 4.14. The van der Waals surface area contributed by atoms with E-state index < -0.39 is 0 Å². The lowest BCUT2D eigenvalue weighted by atomic mass is 9.63. The second-order valence-corrected chi connectivity index (χ2v) is 7.10. The third kappa shape index (κ3) is 2.14. The Labute approximate surface area is 146 Å². The molecule has 5 heteroatoms. The predicted molar refractivity (Wildman–Crippen MR) is 98.0 cm³/mol. The molecule has 1 aromatic carbocycles. The van der Waals surface area contributed by atoms with E-state index in [1.54, 1.807) is 6.20 Å². The zero-order chi connectivity index (χ0) is 16.9. The van der Waals surface area contributed by atoms with Gasteiger partial charge in [0, 0.05) is 18.4 Å². The molecule has 0 bridgehead atoms. The molecule has 1 fully saturated rings. The quantitative estimate of drug-likeness (QED) is 0.688. The Hall–Kier alpha value is -2.87. The third-order valence-electron chi connectivity index (χ3n) is 5.71. The lowest BCUT2D eigenvalue weighted by molar-refractivity contribution is 0.287. The molecule has 3 aromatic rings. The number of hydrogen-bond acceptors (Lipinski definition) is 3. The maximum atomic E-state index is 7.16. The van der Waals surface area contributed by atoms with Crippen LogP contribution in [-0.4, -0.2) is 21.5 Å². The second-order valence-electron chi connectivity index (χ2n) is 7.10. The van der Waals surface area contributed by atoms with E-state index in [1.807, 2.05) is 6.07 Å². The first-order valence-electron chi connectivity index (χ1n) is 8.89. The van der Waals surface area contributed by atoms with Gasteiger partial charge in [-0.1, -0.05) is 18.6 Å². The van der Waals surface area contributed by atoms with Gasteiger partial charge < -0.3 is 10.3 Å². The van der Waals surface area contributed by atoms with Crippen LogP contribution in [0, 0.1) is 6.57 Å². The van der Waals surface area contributed by atoms with Crippen molar-refractivity contribution in [2.45, 2.75) is 37.5 Å². The van der Waals surface area contributed by atoms with E-state index in [0.717, 1.165) is 37.1 Å². The van der Waals surface area contributed by atoms with E-state index in [-0.39, 0.29) is 5.41 Å². The Morgan fingerprint density at radius 2 is 2.08 bits per heavy atom. The summed E-state index contributed by atoms with van der Waals surface area (Å²) in [5.41, 5.74) is 6.11. The van der Waals surface area contributed by atoms with Crippen LogP contribution >= 0.6 is 0 Å². The van der Waals surface area contributed by atoms with Gasteiger partial charge in [0.15, 0.2) is 5.65 Å². The minimum atomic E-state index is -0.0363. The number of nitrogens with zero attached hydrogens (tertiary/aromatic N) is 3. The van der Waals surface area contributed by atoms with Crippen molar-refractivity contribution in [3.05, 3.63) is 58.8 Å². The van der Waals surface area contributed by atoms with Crippen LogP contribution in [0.3, 0.4) is 0 Å². The summed E-state index contributed by atoms with van der Waals surface area (Å²) in [5.74, 6) is 0.993. The highest BCUT2D eigenvalue weighted by Gasteiger charge is 2.43. The first-order valence-corrected chi connectivity index (χ1v) is 8.89. The molecule has 2 N–H and O–H groups in total. The van der Waals surface area contributed by atoms with Crippen LogP contribution in [0.4, 0.5) is 11.4 Å². The highest BCUT2D eigenvalue weighted by atomic mass is 15.0. The molecule has 1 aliphatic carbocycles. The average molecular weight is 329 g/mol. The molecule has 0 atom stereocenters. The largest absolute Gasteiger partial charge is 0.385 e. The van der Waals surface area contributed by atoms with Crippen LogP contribution in [-0.2, 0) is 11.8 Å². The smallest absolute Gasteiger partial charge is 0.207 e. The van der Waals surface area contributed by atoms with Gasteiger partial charge in [-0.15, -0.1) is 0 Å². The van der Waals surface area contributed by atoms with E-state index in [4.69, 9.17) is 11.6 Å². The summed E-state index contributed by atoms with van der Waals surface area (Å²) in [7, 11) is 0. The summed E-state index contributed by atoms with van der Waals surface area (Å²) in [6.07, 6.45) is 7.36. The van der Waals surface area contributed by atoms with Gasteiger partial charge in [0.2, 0.25) is 5.69 Å². The van der Waals surface area contributed by atoms with Crippen LogP contribution in [0.5, 0.6) is 0 Å². The van der Waals surface area contributed by atoms with Crippen molar-refractivity contribution in [2.24, 2.45) is 0 Å². The average Bonchev–Trinajstić information content (AvgIpc) is 3.03. The Kier molecular flexibility index (Phi) is 3.08. The SMILES string of the molecule is [C-]#[N+]c1cnc2nc(C3(c4ccc5c(c4)CCCN5)CCC3)[nH]c2c1. The van der Waals surface area contributed by atoms with Crippen molar-refractivity contribution < 1.29 is 0 Å². The molecule has 5 nitrogen and oxygen atoms in total. The van der Waals surface area contributed by atoms with Crippen molar-refractivity contribution in [3.8, 4) is 0 Å². The number of H-pyrrole nitrogens is 1. The molecule has 5 rings (SSSR count). The van der Waals surface area contributed by atoms with Crippen molar-refractivity contribution in [1.29, 1.82) is 0 Å². The minimum absolute atomic E-state index is 0.0363. The first kappa shape index (κ1) is 14.5. The molecular weight excluding hydrogens is 310 g/mol. The number of rotatable bonds is 2. The van der Waals surface area contributed by atoms with E-state index in [9.17, 15) is 0 Å². The van der Waals surface area contributed by atoms with Gasteiger partial charge in [0.1, 0.15) is 5.82 Å². The van der Waals surface area contributed by atoms with Crippen molar-refractivity contribution in [1.82, 2.24) is 15.0 Å². The summed E-state index contributed by atoms with van der Waals surface area (Å²) in [4.78, 5) is 16.1. The number of benzene rings is 1. The van der Waals surface area contributed by atoms with Gasteiger partial charge in [0.25, 0.3) is 0 Å². The van der Waals surface area contributed by atoms with Gasteiger partial charge in [-0.05, 0) is 48.9 Å². The zero-order valence-corrected chi connectivity index (χ0v) is 14.0. The lowest BCUT2D eigenvalue weighted by Gasteiger charge is -2.41. The highest BCUT2D eigenvalue weighted by molar-refractivity contribution is 5.75. The Morgan fingerprint density at radius 1 is 1.16 bits per heavy atom. The molecule has 25 heavy (non-hydrogen) atoms. The summed E-state index contributed by atoms with van der Waals surface area (Å²) >= 11 is 0. The van der Waals surface area contributed by atoms with Gasteiger partial charge in [0.05, 0.1) is 17.5 Å². The summed E-state index contributed by atoms with van der Waals surface area (Å²) in [6, 6.07) is 8.68. The number of anilines is 1. The molecule has 0 spiro atoms. The molecule has 2 aromatic heterocycles. The molecule has 0 amide bonds. The fraction of sp³-hybridized carbons (Fsp3) is 0.350. The van der Waals surface area contributed by atoms with Crippen molar-refractivity contribution in [3.63, 3.8) is 0 Å². The Bertz CT molecular complexity index is 1010. The maximum absolute atomic E-state index is 7.16. The zero-order valence-electron chi connectivity index (χ0n) is 14.0. The van der Waals surface area contributed by atoms with E-state index in [1.165, 1.54) is 29.7 Å². The van der Waals surface area contributed by atoms with E-state index in [2.05, 4.69) is 38.3 Å². The lowest BCUT2D eigenvalue weighted by Crippen LogP contribution is -2.36. The van der Waals surface area contributed by atoms with Crippen LogP contribution < -0.4 is 5.32 Å². The summed E-state index contributed by atoms with van der Waals surface area (Å²) < 4.78 is 0. The number of aromatic amines is 1. The number of aromatic nitrogens is 3. The Balaban J connectivity index is 1.62. The van der Waals surface area contributed by atoms with Crippen LogP contribution in [0.15, 0.2) is 30.5 Å². The molecule has 2 aliphatic rings. The van der Waals surface area contributed by atoms with Gasteiger partial charge in [-0.25, -0.2) is 14.8 Å². The van der Waals surface area contributed by atoms with Crippen molar-refractivity contribution in [2.75, 3.05) is 11.9 Å². The monoisotopic (exact) mass is 329 g/mol. The van der Waals surface area contributed by atoms with E-state index >= 15 is 0 Å². The maximum Gasteiger partial charge on any atom is 0.207 e. The number of pyridine rings is 1. The van der Waals surface area contributed by atoms with Crippen LogP contribution in [0.2, 0.25) is 0 Å². The van der Waals surface area contributed by atoms with Gasteiger partial charge in [-0.2, -0.15) is 0 Å². The normalized spacial score (nSPS) is 18.0. The van der Waals surface area contributed by atoms with Gasteiger partial charge in [-0.3, -0.25) is 0 Å². The fourth-order valence-electron chi connectivity index (χ4n) is 4.14. The molecule has 0 unspecified atom stereocenters. The number of nitrogens with one attached hydrogen (secondary N) is 2. The molecule has 0 saturated heterocycles. The molecule has 0 radical (unpaired) electrons. The number of aryl methyl sites for hydroxylation is 1. The molecule has 124 valence electrons. The molecule has 3 heterocycles. The van der Waals surface area contributed by atoms with E-state index in [0.29, 0.717) is 11.3 Å². The summed E-state index contributed by atoms with van der Waals surface area (Å²) in [6.45, 7) is 8.23. The third-order valence-corrected chi connectivity index (χ3v) is 5.71. The molecular formula is C20H19N5. The number of hydrogen-bond donors (Lipinski definition) is 2. The topological polar surface area (TPSA) is 58.0 Å². The molecule has 1 saturated carbocycles. The first-order chi connectivity index (χ1) is 12.3. The minimum Gasteiger partial charge on any atom is -0.385 e. The molecule has 1 aliphatic heterocycles. The predicted octanol–water partition coefficient (Wildman–Crippen LogP) is 4.34. The van der Waals surface area contributed by atoms with Gasteiger partial charge >= 0.3 is 0 Å². The second kappa shape index (κ2) is 5.32. The van der Waals surface area contributed by atoms with Crippen LogP contribution in [0.1, 0.15) is 42.6 Å². The number of imidazole rings is 1. The highest BCUT2D eigenvalue weighted by Crippen LogP contribution is 2.49. The number of fused-ring (bicyclic) bond motifs is 2. The standard InChI is InChI=1S/C20H19N5/c1-21-15-11-17-18(23-12-15)25-19(24-17)20(7-3-8-20)14-5-6-16-13(10-14)4-2-9-22-16/h5-6,10-12,22H,2-4,7-9H2,(H,23,24,25). The van der Waals surface area contributed by atoms with Crippen molar-refractivity contribution >= 4 is 22.5 Å². The summed E-state index contributed by atoms with van der Waals surface area (Å²) in [5, 5.41) is 3.49.